The Labute approximate surface area is 107 Å². The van der Waals surface area contributed by atoms with Crippen molar-refractivity contribution in [3.63, 3.8) is 0 Å². The lowest BCUT2D eigenvalue weighted by molar-refractivity contribution is -0.139. The number of hydrogen-bond donors (Lipinski definition) is 2. The van der Waals surface area contributed by atoms with Crippen LogP contribution in [0.25, 0.3) is 0 Å². The standard InChI is InChI=1S/C13H18ClNO2/c1-3-5-12(13(16)17)15-9(2)10-6-4-7-11(14)8-10/h4,6-9,12,15H,3,5H2,1-2H3,(H,16,17). The smallest absolute Gasteiger partial charge is 0.320 e. The number of halogens is 1. The summed E-state index contributed by atoms with van der Waals surface area (Å²) < 4.78 is 0. The molecule has 1 aromatic carbocycles. The molecule has 0 spiro atoms. The van der Waals surface area contributed by atoms with E-state index >= 15 is 0 Å². The number of benzene rings is 1. The summed E-state index contributed by atoms with van der Waals surface area (Å²) in [6.07, 6.45) is 1.46. The molecule has 0 aliphatic heterocycles. The fourth-order valence-corrected chi connectivity index (χ4v) is 1.94. The molecule has 0 radical (unpaired) electrons. The molecule has 0 bridgehead atoms. The number of carbonyl (C=O) groups is 1. The van der Waals surface area contributed by atoms with Crippen molar-refractivity contribution < 1.29 is 9.90 Å². The van der Waals surface area contributed by atoms with Crippen LogP contribution in [-0.2, 0) is 4.79 Å². The quantitative estimate of drug-likeness (QED) is 0.820. The van der Waals surface area contributed by atoms with Crippen LogP contribution < -0.4 is 5.32 Å². The summed E-state index contributed by atoms with van der Waals surface area (Å²) in [5, 5.41) is 12.8. The van der Waals surface area contributed by atoms with E-state index < -0.39 is 12.0 Å². The minimum absolute atomic E-state index is 0.0265. The number of aliphatic carboxylic acids is 1. The van der Waals surface area contributed by atoms with Gasteiger partial charge in [0.1, 0.15) is 6.04 Å². The number of hydrogen-bond acceptors (Lipinski definition) is 2. The van der Waals surface area contributed by atoms with Crippen LogP contribution in [0.15, 0.2) is 24.3 Å². The zero-order valence-corrected chi connectivity index (χ0v) is 10.9. The minimum Gasteiger partial charge on any atom is -0.480 e. The third-order valence-electron chi connectivity index (χ3n) is 2.68. The molecule has 4 heteroatoms. The summed E-state index contributed by atoms with van der Waals surface area (Å²) in [6.45, 7) is 3.92. The second kappa shape index (κ2) is 6.62. The van der Waals surface area contributed by atoms with E-state index in [1.165, 1.54) is 0 Å². The maximum atomic E-state index is 11.0. The molecule has 2 atom stereocenters. The third kappa shape index (κ3) is 4.36. The van der Waals surface area contributed by atoms with Gasteiger partial charge in [0.05, 0.1) is 0 Å². The highest BCUT2D eigenvalue weighted by Crippen LogP contribution is 2.18. The van der Waals surface area contributed by atoms with Crippen LogP contribution in [0.2, 0.25) is 5.02 Å². The summed E-state index contributed by atoms with van der Waals surface area (Å²) in [7, 11) is 0. The summed E-state index contributed by atoms with van der Waals surface area (Å²) in [5.41, 5.74) is 1.000. The lowest BCUT2D eigenvalue weighted by Crippen LogP contribution is -2.38. The first-order chi connectivity index (χ1) is 8.04. The van der Waals surface area contributed by atoms with Crippen LogP contribution in [0.1, 0.15) is 38.3 Å². The highest BCUT2D eigenvalue weighted by Gasteiger charge is 2.19. The molecule has 2 unspecified atom stereocenters. The lowest BCUT2D eigenvalue weighted by Gasteiger charge is -2.20. The van der Waals surface area contributed by atoms with Gasteiger partial charge < -0.3 is 5.11 Å². The molecule has 0 amide bonds. The topological polar surface area (TPSA) is 49.3 Å². The van der Waals surface area contributed by atoms with E-state index in [1.54, 1.807) is 6.07 Å². The molecule has 3 nitrogen and oxygen atoms in total. The molecule has 0 aliphatic rings. The Morgan fingerprint density at radius 3 is 2.76 bits per heavy atom. The minimum atomic E-state index is -0.805. The van der Waals surface area contributed by atoms with Crippen molar-refractivity contribution in [1.82, 2.24) is 5.32 Å². The molecule has 0 aromatic heterocycles. The Bertz CT molecular complexity index is 381. The zero-order valence-electron chi connectivity index (χ0n) is 10.1. The van der Waals surface area contributed by atoms with E-state index in [2.05, 4.69) is 5.32 Å². The van der Waals surface area contributed by atoms with Crippen LogP contribution in [0.3, 0.4) is 0 Å². The molecule has 94 valence electrons. The molecule has 1 rings (SSSR count). The molecule has 2 N–H and O–H groups in total. The molecule has 0 saturated heterocycles. The Balaban J connectivity index is 2.69. The second-order valence-electron chi connectivity index (χ2n) is 4.12. The first-order valence-electron chi connectivity index (χ1n) is 5.79. The Morgan fingerprint density at radius 2 is 2.24 bits per heavy atom. The Hall–Kier alpha value is -1.06. The lowest BCUT2D eigenvalue weighted by atomic mass is 10.1. The van der Waals surface area contributed by atoms with Crippen LogP contribution in [0.5, 0.6) is 0 Å². The Kier molecular flexibility index (Phi) is 5.45. The van der Waals surface area contributed by atoms with Crippen LogP contribution in [-0.4, -0.2) is 17.1 Å². The number of nitrogens with one attached hydrogen (secondary N) is 1. The van der Waals surface area contributed by atoms with E-state index in [-0.39, 0.29) is 6.04 Å². The highest BCUT2D eigenvalue weighted by molar-refractivity contribution is 6.30. The van der Waals surface area contributed by atoms with Crippen LogP contribution >= 0.6 is 11.6 Å². The van der Waals surface area contributed by atoms with Crippen molar-refractivity contribution in [2.75, 3.05) is 0 Å². The van der Waals surface area contributed by atoms with Gasteiger partial charge in [-0.2, -0.15) is 0 Å². The van der Waals surface area contributed by atoms with Gasteiger partial charge in [-0.05, 0) is 31.0 Å². The average Bonchev–Trinajstić information content (AvgIpc) is 2.28. The van der Waals surface area contributed by atoms with Crippen molar-refractivity contribution in [3.8, 4) is 0 Å². The fraction of sp³-hybridized carbons (Fsp3) is 0.462. The maximum absolute atomic E-state index is 11.0. The average molecular weight is 256 g/mol. The SMILES string of the molecule is CCCC(NC(C)c1cccc(Cl)c1)C(=O)O. The highest BCUT2D eigenvalue weighted by atomic mass is 35.5. The van der Waals surface area contributed by atoms with Gasteiger partial charge in [0, 0.05) is 11.1 Å². The molecule has 0 fully saturated rings. The summed E-state index contributed by atoms with van der Waals surface area (Å²) in [4.78, 5) is 11.0. The molecule has 17 heavy (non-hydrogen) atoms. The molecule has 1 aromatic rings. The molecule has 0 aliphatic carbocycles. The maximum Gasteiger partial charge on any atom is 0.320 e. The predicted molar refractivity (Wildman–Crippen MR) is 69.3 cm³/mol. The fourth-order valence-electron chi connectivity index (χ4n) is 1.74. The van der Waals surface area contributed by atoms with Crippen LogP contribution in [0, 0.1) is 0 Å². The van der Waals surface area contributed by atoms with Crippen LogP contribution in [0.4, 0.5) is 0 Å². The van der Waals surface area contributed by atoms with E-state index in [1.807, 2.05) is 32.0 Å². The first kappa shape index (κ1) is 14.0. The van der Waals surface area contributed by atoms with Gasteiger partial charge in [-0.3, -0.25) is 10.1 Å². The Morgan fingerprint density at radius 1 is 1.53 bits per heavy atom. The van der Waals surface area contributed by atoms with Gasteiger partial charge in [-0.25, -0.2) is 0 Å². The van der Waals surface area contributed by atoms with Gasteiger partial charge in [-0.1, -0.05) is 37.1 Å². The summed E-state index contributed by atoms with van der Waals surface area (Å²) in [5.74, 6) is -0.805. The van der Waals surface area contributed by atoms with Gasteiger partial charge >= 0.3 is 5.97 Å². The van der Waals surface area contributed by atoms with Crippen molar-refractivity contribution in [2.45, 2.75) is 38.8 Å². The van der Waals surface area contributed by atoms with E-state index in [4.69, 9.17) is 16.7 Å². The van der Waals surface area contributed by atoms with Gasteiger partial charge in [0.15, 0.2) is 0 Å². The number of rotatable bonds is 6. The van der Waals surface area contributed by atoms with Crippen molar-refractivity contribution in [2.24, 2.45) is 0 Å². The molecule has 0 heterocycles. The molecule has 0 saturated carbocycles. The second-order valence-corrected chi connectivity index (χ2v) is 4.56. The monoisotopic (exact) mass is 255 g/mol. The van der Waals surface area contributed by atoms with Gasteiger partial charge in [-0.15, -0.1) is 0 Å². The summed E-state index contributed by atoms with van der Waals surface area (Å²) >= 11 is 5.91. The van der Waals surface area contributed by atoms with E-state index in [0.29, 0.717) is 11.4 Å². The van der Waals surface area contributed by atoms with Gasteiger partial charge in [0.25, 0.3) is 0 Å². The van der Waals surface area contributed by atoms with Gasteiger partial charge in [0.2, 0.25) is 0 Å². The molecular weight excluding hydrogens is 238 g/mol. The van der Waals surface area contributed by atoms with E-state index in [0.717, 1.165) is 12.0 Å². The van der Waals surface area contributed by atoms with E-state index in [9.17, 15) is 4.79 Å². The number of carboxylic acids is 1. The largest absolute Gasteiger partial charge is 0.480 e. The first-order valence-corrected chi connectivity index (χ1v) is 6.16. The summed E-state index contributed by atoms with van der Waals surface area (Å²) in [6, 6.07) is 6.93. The number of carboxylic acid groups (broad SMARTS) is 1. The van der Waals surface area contributed by atoms with Crippen molar-refractivity contribution in [1.29, 1.82) is 0 Å². The molecular formula is C13H18ClNO2. The van der Waals surface area contributed by atoms with Crippen molar-refractivity contribution in [3.05, 3.63) is 34.9 Å². The third-order valence-corrected chi connectivity index (χ3v) is 2.91. The normalized spacial score (nSPS) is 14.3. The zero-order chi connectivity index (χ0) is 12.8. The van der Waals surface area contributed by atoms with Crippen molar-refractivity contribution >= 4 is 17.6 Å². The predicted octanol–water partition coefficient (Wildman–Crippen LogP) is 3.24.